The number of aliphatic hydroxyl groups is 5. The molecule has 1 saturated heterocycles. The van der Waals surface area contributed by atoms with Gasteiger partial charge in [-0.2, -0.15) is 0 Å². The first-order chi connectivity index (χ1) is 29.2. The molecule has 0 bridgehead atoms. The summed E-state index contributed by atoms with van der Waals surface area (Å²) in [4.78, 5) is 24.9. The largest absolute Gasteiger partial charge is 0.466 e. The van der Waals surface area contributed by atoms with Crippen LogP contribution in [0.15, 0.2) is 12.2 Å². The molecule has 1 aliphatic heterocycles. The summed E-state index contributed by atoms with van der Waals surface area (Å²) in [5.41, 5.74) is 0. The Morgan fingerprint density at radius 3 is 1.55 bits per heavy atom. The molecule has 11 nitrogen and oxygen atoms in total. The highest BCUT2D eigenvalue weighted by molar-refractivity contribution is 5.76. The van der Waals surface area contributed by atoms with E-state index in [0.717, 1.165) is 70.6 Å². The lowest BCUT2D eigenvalue weighted by Gasteiger charge is -2.40. The van der Waals surface area contributed by atoms with E-state index in [1.165, 1.54) is 128 Å². The third kappa shape index (κ3) is 30.4. The molecule has 0 saturated carbocycles. The number of amides is 1. The maximum Gasteiger partial charge on any atom is 0.305 e. The first kappa shape index (κ1) is 56.4. The van der Waals surface area contributed by atoms with Crippen molar-refractivity contribution in [2.75, 3.05) is 19.8 Å². The topological polar surface area (TPSA) is 175 Å². The molecule has 1 aliphatic rings. The van der Waals surface area contributed by atoms with Crippen molar-refractivity contribution in [2.45, 2.75) is 269 Å². The average Bonchev–Trinajstić information content (AvgIpc) is 3.24. The highest BCUT2D eigenvalue weighted by atomic mass is 16.7. The molecule has 0 spiro atoms. The number of rotatable bonds is 42. The van der Waals surface area contributed by atoms with Gasteiger partial charge in [0.25, 0.3) is 0 Å². The first-order valence-electron chi connectivity index (χ1n) is 25.0. The Kier molecular flexibility index (Phi) is 37.8. The summed E-state index contributed by atoms with van der Waals surface area (Å²) >= 11 is 0. The van der Waals surface area contributed by atoms with Crippen molar-refractivity contribution in [1.82, 2.24) is 5.32 Å². The average molecular weight is 856 g/mol. The highest BCUT2D eigenvalue weighted by Crippen LogP contribution is 2.23. The van der Waals surface area contributed by atoms with Gasteiger partial charge in [0.2, 0.25) is 5.91 Å². The number of carbonyl (C=O) groups is 2. The monoisotopic (exact) mass is 856 g/mol. The van der Waals surface area contributed by atoms with Gasteiger partial charge in [0.05, 0.1) is 32.0 Å². The van der Waals surface area contributed by atoms with Gasteiger partial charge in [0, 0.05) is 12.8 Å². The molecular formula is C49H93NO10. The van der Waals surface area contributed by atoms with E-state index >= 15 is 0 Å². The molecule has 1 fully saturated rings. The number of aliphatic hydroxyl groups excluding tert-OH is 5. The van der Waals surface area contributed by atoms with Gasteiger partial charge in [0.1, 0.15) is 24.4 Å². The van der Waals surface area contributed by atoms with E-state index in [-0.39, 0.29) is 18.5 Å². The van der Waals surface area contributed by atoms with Crippen LogP contribution < -0.4 is 5.32 Å². The predicted molar refractivity (Wildman–Crippen MR) is 241 cm³/mol. The molecule has 1 amide bonds. The van der Waals surface area contributed by atoms with Crippen LogP contribution in [-0.2, 0) is 23.8 Å². The van der Waals surface area contributed by atoms with Gasteiger partial charge in [0.15, 0.2) is 6.29 Å². The molecule has 1 heterocycles. The minimum absolute atomic E-state index is 0.0340. The fourth-order valence-corrected chi connectivity index (χ4v) is 7.84. The van der Waals surface area contributed by atoms with E-state index in [4.69, 9.17) is 14.2 Å². The van der Waals surface area contributed by atoms with Gasteiger partial charge >= 0.3 is 5.97 Å². The number of allylic oxidation sites excluding steroid dienone is 1. The van der Waals surface area contributed by atoms with E-state index in [9.17, 15) is 35.1 Å². The third-order valence-electron chi connectivity index (χ3n) is 11.9. The molecule has 0 aromatic rings. The van der Waals surface area contributed by atoms with Gasteiger partial charge in [-0.1, -0.05) is 193 Å². The Morgan fingerprint density at radius 1 is 0.600 bits per heavy atom. The second-order valence-electron chi connectivity index (χ2n) is 17.5. The van der Waals surface area contributed by atoms with Gasteiger partial charge in [-0.05, 0) is 32.1 Å². The van der Waals surface area contributed by atoms with Crippen molar-refractivity contribution in [3.8, 4) is 0 Å². The molecular weight excluding hydrogens is 763 g/mol. The van der Waals surface area contributed by atoms with Gasteiger partial charge in [-0.3, -0.25) is 9.59 Å². The first-order valence-corrected chi connectivity index (χ1v) is 25.0. The number of nitrogens with one attached hydrogen (secondary N) is 1. The van der Waals surface area contributed by atoms with Crippen LogP contribution in [0.3, 0.4) is 0 Å². The van der Waals surface area contributed by atoms with Crippen LogP contribution in [0.1, 0.15) is 226 Å². The summed E-state index contributed by atoms with van der Waals surface area (Å²) in [6, 6.07) is -0.818. The fourth-order valence-electron chi connectivity index (χ4n) is 7.84. The van der Waals surface area contributed by atoms with Crippen LogP contribution in [-0.4, -0.2) is 100 Å². The zero-order valence-corrected chi connectivity index (χ0v) is 38.4. The Bertz CT molecular complexity index is 1010. The summed E-state index contributed by atoms with van der Waals surface area (Å²) in [6.45, 7) is 4.24. The summed E-state index contributed by atoms with van der Waals surface area (Å²) < 4.78 is 16.6. The fraction of sp³-hybridized carbons (Fsp3) is 0.918. The Morgan fingerprint density at radius 2 is 1.05 bits per heavy atom. The normalized spacial score (nSPS) is 20.4. The van der Waals surface area contributed by atoms with Crippen LogP contribution in [0.2, 0.25) is 0 Å². The maximum atomic E-state index is 12.9. The standard InChI is InChI=1S/C49H93NO10/c1-3-5-7-9-11-13-16-21-25-29-33-37-45(54)58-38-34-30-26-22-18-15-14-17-20-24-28-32-36-44(53)50-41(42(52)35-31-27-23-19-12-10-8-6-4-2)40-59-49-48(57)47(56)46(55)43(39-51)60-49/h31,35,41-43,46-49,51-52,55-57H,3-30,32-34,36-40H2,1-2H3,(H,50,53)/b35-31+. The van der Waals surface area contributed by atoms with E-state index in [2.05, 4.69) is 19.2 Å². The van der Waals surface area contributed by atoms with Crippen molar-refractivity contribution >= 4 is 11.9 Å². The van der Waals surface area contributed by atoms with E-state index in [1.54, 1.807) is 6.08 Å². The Labute approximate surface area is 366 Å². The summed E-state index contributed by atoms with van der Waals surface area (Å²) in [5, 5.41) is 54.0. The van der Waals surface area contributed by atoms with Crippen molar-refractivity contribution in [2.24, 2.45) is 0 Å². The molecule has 7 atom stereocenters. The molecule has 11 heteroatoms. The van der Waals surface area contributed by atoms with Crippen molar-refractivity contribution < 1.29 is 49.3 Å². The Balaban J connectivity index is 2.16. The number of hydrogen-bond acceptors (Lipinski definition) is 10. The zero-order chi connectivity index (χ0) is 43.9. The maximum absolute atomic E-state index is 12.9. The Hall–Kier alpha value is -1.60. The number of ether oxygens (including phenoxy) is 3. The smallest absolute Gasteiger partial charge is 0.305 e. The predicted octanol–water partition coefficient (Wildman–Crippen LogP) is 9.66. The van der Waals surface area contributed by atoms with E-state index in [0.29, 0.717) is 19.4 Å². The summed E-state index contributed by atoms with van der Waals surface area (Å²) in [6.07, 6.45) is 32.9. The number of carbonyl (C=O) groups excluding carboxylic acids is 2. The van der Waals surface area contributed by atoms with E-state index < -0.39 is 49.5 Å². The number of esters is 1. The quantitative estimate of drug-likeness (QED) is 0.0197. The summed E-state index contributed by atoms with van der Waals surface area (Å²) in [5.74, 6) is -0.233. The summed E-state index contributed by atoms with van der Waals surface area (Å²) in [7, 11) is 0. The molecule has 0 aromatic heterocycles. The van der Waals surface area contributed by atoms with Crippen molar-refractivity contribution in [3.05, 3.63) is 12.2 Å². The molecule has 1 rings (SSSR count). The molecule has 7 unspecified atom stereocenters. The van der Waals surface area contributed by atoms with Crippen LogP contribution in [0, 0.1) is 0 Å². The lowest BCUT2D eigenvalue weighted by molar-refractivity contribution is -0.302. The SMILES string of the molecule is CCCCCCCCC/C=C/C(O)C(COC1OC(CO)C(O)C(O)C1O)NC(=O)CCCCCCCCCCCCCCOC(=O)CCCCCCCCCCCCC. The lowest BCUT2D eigenvalue weighted by Crippen LogP contribution is -2.60. The molecule has 0 radical (unpaired) electrons. The van der Waals surface area contributed by atoms with E-state index in [1.807, 2.05) is 6.08 Å². The van der Waals surface area contributed by atoms with Gasteiger partial charge < -0.3 is 45.1 Å². The van der Waals surface area contributed by atoms with Crippen LogP contribution in [0.5, 0.6) is 0 Å². The minimum atomic E-state index is -1.57. The van der Waals surface area contributed by atoms with Crippen LogP contribution in [0.25, 0.3) is 0 Å². The van der Waals surface area contributed by atoms with Gasteiger partial charge in [-0.15, -0.1) is 0 Å². The van der Waals surface area contributed by atoms with Crippen molar-refractivity contribution in [1.29, 1.82) is 0 Å². The molecule has 354 valence electrons. The second-order valence-corrected chi connectivity index (χ2v) is 17.5. The minimum Gasteiger partial charge on any atom is -0.466 e. The number of unbranched alkanes of at least 4 members (excludes halogenated alkanes) is 28. The van der Waals surface area contributed by atoms with Crippen LogP contribution >= 0.6 is 0 Å². The molecule has 0 aliphatic carbocycles. The highest BCUT2D eigenvalue weighted by Gasteiger charge is 2.44. The molecule has 60 heavy (non-hydrogen) atoms. The van der Waals surface area contributed by atoms with Crippen molar-refractivity contribution in [3.63, 3.8) is 0 Å². The zero-order valence-electron chi connectivity index (χ0n) is 38.4. The van der Waals surface area contributed by atoms with Crippen LogP contribution in [0.4, 0.5) is 0 Å². The molecule has 0 aromatic carbocycles. The third-order valence-corrected chi connectivity index (χ3v) is 11.9. The lowest BCUT2D eigenvalue weighted by atomic mass is 9.99. The number of hydrogen-bond donors (Lipinski definition) is 6. The second kappa shape index (κ2) is 40.2. The molecule has 6 N–H and O–H groups in total. The van der Waals surface area contributed by atoms with Gasteiger partial charge in [-0.25, -0.2) is 0 Å².